The highest BCUT2D eigenvalue weighted by Crippen LogP contribution is 2.24. The van der Waals surface area contributed by atoms with E-state index < -0.39 is 0 Å². The van der Waals surface area contributed by atoms with Gasteiger partial charge in [0.25, 0.3) is 0 Å². The molecule has 0 aliphatic carbocycles. The number of hydrogen-bond acceptors (Lipinski definition) is 4. The lowest BCUT2D eigenvalue weighted by atomic mass is 10.1. The van der Waals surface area contributed by atoms with Crippen molar-refractivity contribution in [1.29, 1.82) is 5.26 Å². The molecule has 1 aliphatic rings. The average molecular weight is 287 g/mol. The average Bonchev–Trinajstić information content (AvgIpc) is 3.03. The van der Waals surface area contributed by atoms with Crippen LogP contribution in [-0.2, 0) is 11.3 Å². The molecule has 0 spiro atoms. The van der Waals surface area contributed by atoms with Crippen LogP contribution in [0.15, 0.2) is 18.2 Å². The van der Waals surface area contributed by atoms with Crippen molar-refractivity contribution in [2.75, 3.05) is 31.1 Å². The molecule has 0 bridgehead atoms. The molecule has 1 aliphatic heterocycles. The fourth-order valence-electron chi connectivity index (χ4n) is 2.76. The number of nitrogens with zero attached hydrogens (tertiary/aromatic N) is 2. The van der Waals surface area contributed by atoms with Gasteiger partial charge in [0.1, 0.15) is 6.07 Å². The van der Waals surface area contributed by atoms with Crippen LogP contribution in [0.1, 0.15) is 37.8 Å². The minimum absolute atomic E-state index is 0.304. The number of likely N-dealkylation sites (N-methyl/N-ethyl adjacent to an activating group) is 1. The smallest absolute Gasteiger partial charge is 0.101 e. The van der Waals surface area contributed by atoms with E-state index in [1.54, 1.807) is 0 Å². The van der Waals surface area contributed by atoms with Crippen molar-refractivity contribution >= 4 is 5.69 Å². The maximum absolute atomic E-state index is 9.45. The third-order valence-electron chi connectivity index (χ3n) is 3.93. The van der Waals surface area contributed by atoms with Gasteiger partial charge in [0, 0.05) is 26.2 Å². The number of nitrogens with one attached hydrogen (secondary N) is 1. The van der Waals surface area contributed by atoms with Gasteiger partial charge in [-0.2, -0.15) is 5.26 Å². The highest BCUT2D eigenvalue weighted by molar-refractivity contribution is 5.60. The van der Waals surface area contributed by atoms with E-state index in [4.69, 9.17) is 4.74 Å². The minimum Gasteiger partial charge on any atom is -0.376 e. The zero-order chi connectivity index (χ0) is 15.1. The van der Waals surface area contributed by atoms with E-state index in [0.29, 0.717) is 6.10 Å². The van der Waals surface area contributed by atoms with E-state index in [0.717, 1.165) is 62.4 Å². The van der Waals surface area contributed by atoms with E-state index in [-0.39, 0.29) is 0 Å². The molecule has 1 unspecified atom stereocenters. The summed E-state index contributed by atoms with van der Waals surface area (Å²) < 4.78 is 5.72. The maximum Gasteiger partial charge on any atom is 0.101 e. The summed E-state index contributed by atoms with van der Waals surface area (Å²) in [5.74, 6) is 0. The SMILES string of the molecule is CCNCc1ccc(N(CC)CC2CCCO2)c(C#N)c1. The van der Waals surface area contributed by atoms with Crippen LogP contribution in [0.2, 0.25) is 0 Å². The lowest BCUT2D eigenvalue weighted by Crippen LogP contribution is -2.32. The number of ether oxygens (including phenoxy) is 1. The van der Waals surface area contributed by atoms with E-state index in [1.165, 1.54) is 0 Å². The standard InChI is InChI=1S/C17H25N3O/c1-3-19-12-14-7-8-17(15(10-14)11-18)20(4-2)13-16-6-5-9-21-16/h7-8,10,16,19H,3-6,9,12-13H2,1-2H3. The maximum atomic E-state index is 9.45. The van der Waals surface area contributed by atoms with Gasteiger partial charge >= 0.3 is 0 Å². The Labute approximate surface area is 127 Å². The second kappa shape index (κ2) is 8.02. The van der Waals surface area contributed by atoms with Crippen molar-refractivity contribution in [3.63, 3.8) is 0 Å². The van der Waals surface area contributed by atoms with Gasteiger partial charge < -0.3 is 15.0 Å². The van der Waals surface area contributed by atoms with Gasteiger partial charge in [0.2, 0.25) is 0 Å². The summed E-state index contributed by atoms with van der Waals surface area (Å²) in [6.45, 7) is 8.59. The molecule has 0 radical (unpaired) electrons. The lowest BCUT2D eigenvalue weighted by Gasteiger charge is -2.27. The van der Waals surface area contributed by atoms with Gasteiger partial charge in [0.05, 0.1) is 17.4 Å². The minimum atomic E-state index is 0.304. The van der Waals surface area contributed by atoms with Crippen molar-refractivity contribution < 1.29 is 4.74 Å². The molecule has 114 valence electrons. The summed E-state index contributed by atoms with van der Waals surface area (Å²) in [5, 5.41) is 12.7. The summed E-state index contributed by atoms with van der Waals surface area (Å²) in [7, 11) is 0. The molecule has 0 amide bonds. The van der Waals surface area contributed by atoms with Crippen LogP contribution in [0.5, 0.6) is 0 Å². The number of nitriles is 1. The monoisotopic (exact) mass is 287 g/mol. The summed E-state index contributed by atoms with van der Waals surface area (Å²) in [6, 6.07) is 8.52. The zero-order valence-corrected chi connectivity index (χ0v) is 13.1. The molecule has 1 heterocycles. The molecule has 4 heteroatoms. The van der Waals surface area contributed by atoms with E-state index >= 15 is 0 Å². The number of hydrogen-bond donors (Lipinski definition) is 1. The van der Waals surface area contributed by atoms with Gasteiger partial charge in [-0.05, 0) is 44.0 Å². The molecule has 1 aromatic carbocycles. The highest BCUT2D eigenvalue weighted by atomic mass is 16.5. The molecule has 1 N–H and O–H groups in total. The van der Waals surface area contributed by atoms with Crippen molar-refractivity contribution in [1.82, 2.24) is 5.32 Å². The molecule has 0 saturated carbocycles. The molecule has 1 aromatic rings. The van der Waals surface area contributed by atoms with Gasteiger partial charge in [-0.25, -0.2) is 0 Å². The van der Waals surface area contributed by atoms with Gasteiger partial charge in [0.15, 0.2) is 0 Å². The lowest BCUT2D eigenvalue weighted by molar-refractivity contribution is 0.115. The zero-order valence-electron chi connectivity index (χ0n) is 13.1. The van der Waals surface area contributed by atoms with Crippen LogP contribution >= 0.6 is 0 Å². The predicted octanol–water partition coefficient (Wildman–Crippen LogP) is 2.67. The van der Waals surface area contributed by atoms with Gasteiger partial charge in [-0.3, -0.25) is 0 Å². The summed E-state index contributed by atoms with van der Waals surface area (Å²) in [4.78, 5) is 2.26. The fraction of sp³-hybridized carbons (Fsp3) is 0.588. The van der Waals surface area contributed by atoms with E-state index in [1.807, 2.05) is 6.07 Å². The Bertz CT molecular complexity index is 489. The highest BCUT2D eigenvalue weighted by Gasteiger charge is 2.20. The summed E-state index contributed by atoms with van der Waals surface area (Å²) >= 11 is 0. The fourth-order valence-corrected chi connectivity index (χ4v) is 2.76. The molecule has 1 fully saturated rings. The summed E-state index contributed by atoms with van der Waals surface area (Å²) in [5.41, 5.74) is 2.94. The molecule has 4 nitrogen and oxygen atoms in total. The van der Waals surface area contributed by atoms with Crippen molar-refractivity contribution in [3.05, 3.63) is 29.3 Å². The second-order valence-corrected chi connectivity index (χ2v) is 5.42. The number of benzene rings is 1. The van der Waals surface area contributed by atoms with Crippen LogP contribution in [-0.4, -0.2) is 32.3 Å². The molecular weight excluding hydrogens is 262 g/mol. The van der Waals surface area contributed by atoms with Crippen molar-refractivity contribution in [3.8, 4) is 6.07 Å². The molecule has 1 saturated heterocycles. The number of rotatable bonds is 7. The van der Waals surface area contributed by atoms with Crippen molar-refractivity contribution in [2.24, 2.45) is 0 Å². The Morgan fingerprint density at radius 2 is 2.29 bits per heavy atom. The molecule has 1 atom stereocenters. The van der Waals surface area contributed by atoms with Crippen LogP contribution in [0.25, 0.3) is 0 Å². The summed E-state index contributed by atoms with van der Waals surface area (Å²) in [6.07, 6.45) is 2.57. The van der Waals surface area contributed by atoms with Crippen LogP contribution in [0.4, 0.5) is 5.69 Å². The third-order valence-corrected chi connectivity index (χ3v) is 3.93. The van der Waals surface area contributed by atoms with Gasteiger partial charge in [-0.15, -0.1) is 0 Å². The predicted molar refractivity (Wildman–Crippen MR) is 85.4 cm³/mol. The quantitative estimate of drug-likeness (QED) is 0.837. The Morgan fingerprint density at radius 3 is 2.90 bits per heavy atom. The first-order chi connectivity index (χ1) is 10.3. The molecule has 0 aromatic heterocycles. The first-order valence-corrected chi connectivity index (χ1v) is 7.88. The molecule has 21 heavy (non-hydrogen) atoms. The Hall–Kier alpha value is -1.57. The van der Waals surface area contributed by atoms with Crippen LogP contribution in [0, 0.1) is 11.3 Å². The third kappa shape index (κ3) is 4.20. The van der Waals surface area contributed by atoms with Crippen LogP contribution in [0.3, 0.4) is 0 Å². The second-order valence-electron chi connectivity index (χ2n) is 5.42. The Kier molecular flexibility index (Phi) is 6.04. The Morgan fingerprint density at radius 1 is 1.43 bits per heavy atom. The van der Waals surface area contributed by atoms with E-state index in [9.17, 15) is 5.26 Å². The molecular formula is C17H25N3O. The molecule has 2 rings (SSSR count). The van der Waals surface area contributed by atoms with Gasteiger partial charge in [-0.1, -0.05) is 13.0 Å². The first-order valence-electron chi connectivity index (χ1n) is 7.88. The van der Waals surface area contributed by atoms with Crippen molar-refractivity contribution in [2.45, 2.75) is 39.3 Å². The largest absolute Gasteiger partial charge is 0.376 e. The topological polar surface area (TPSA) is 48.3 Å². The van der Waals surface area contributed by atoms with Crippen LogP contribution < -0.4 is 10.2 Å². The first kappa shape index (κ1) is 15.8. The number of anilines is 1. The van der Waals surface area contributed by atoms with E-state index in [2.05, 4.69) is 42.3 Å². The normalized spacial score (nSPS) is 17.7. The Balaban J connectivity index is 2.13.